The van der Waals surface area contributed by atoms with E-state index in [2.05, 4.69) is 26.9 Å². The lowest BCUT2D eigenvalue weighted by Crippen LogP contribution is -2.08. The summed E-state index contributed by atoms with van der Waals surface area (Å²) in [6.45, 7) is 4.54. The fourth-order valence-electron chi connectivity index (χ4n) is 3.71. The minimum atomic E-state index is -0.252. The molecule has 32 heavy (non-hydrogen) atoms. The van der Waals surface area contributed by atoms with Crippen LogP contribution in [-0.2, 0) is 20.0 Å². The molecule has 0 radical (unpaired) electrons. The van der Waals surface area contributed by atoms with Crippen molar-refractivity contribution in [1.29, 1.82) is 0 Å². The van der Waals surface area contributed by atoms with Crippen molar-refractivity contribution >= 4 is 17.5 Å². The van der Waals surface area contributed by atoms with E-state index in [4.69, 9.17) is 0 Å². The van der Waals surface area contributed by atoms with Crippen molar-refractivity contribution in [2.24, 2.45) is 7.05 Å². The maximum absolute atomic E-state index is 13.2. The van der Waals surface area contributed by atoms with Crippen LogP contribution in [0.4, 0.5) is 4.39 Å². The molecule has 0 unspecified atom stereocenters. The molecular weight excluding hydrogens is 423 g/mol. The van der Waals surface area contributed by atoms with Crippen molar-refractivity contribution in [2.75, 3.05) is 5.75 Å². The maximum atomic E-state index is 13.2. The van der Waals surface area contributed by atoms with Crippen LogP contribution < -0.4 is 0 Å². The van der Waals surface area contributed by atoms with Gasteiger partial charge in [-0.15, -0.1) is 10.2 Å². The standard InChI is InChI=1S/C25H25FN4OS/c1-17-13-22(18(2)30(17)15-20-9-11-21(26)12-10-20)23(31)16-32-25-28-27-24(29(25)3)14-19-7-5-4-6-8-19/h4-13H,14-16H2,1-3H3. The number of Topliss-reactive ketones (excluding diaryl/α,β-unsaturated/α-hetero) is 1. The van der Waals surface area contributed by atoms with Crippen molar-refractivity contribution < 1.29 is 9.18 Å². The Hall–Kier alpha value is -3.19. The molecule has 0 bridgehead atoms. The lowest BCUT2D eigenvalue weighted by molar-refractivity contribution is 0.102. The van der Waals surface area contributed by atoms with Gasteiger partial charge in [0.25, 0.3) is 0 Å². The van der Waals surface area contributed by atoms with Gasteiger partial charge in [-0.25, -0.2) is 4.39 Å². The van der Waals surface area contributed by atoms with E-state index in [1.54, 1.807) is 12.1 Å². The Bertz CT molecular complexity index is 1230. The van der Waals surface area contributed by atoms with Gasteiger partial charge in [-0.3, -0.25) is 4.79 Å². The molecule has 2 aromatic heterocycles. The number of hydrogen-bond acceptors (Lipinski definition) is 4. The van der Waals surface area contributed by atoms with E-state index in [-0.39, 0.29) is 17.4 Å². The number of aryl methyl sites for hydroxylation is 1. The van der Waals surface area contributed by atoms with E-state index in [0.717, 1.165) is 27.9 Å². The van der Waals surface area contributed by atoms with Crippen molar-refractivity contribution in [3.8, 4) is 0 Å². The van der Waals surface area contributed by atoms with Crippen molar-refractivity contribution in [2.45, 2.75) is 32.0 Å². The number of aromatic nitrogens is 4. The second-order valence-electron chi connectivity index (χ2n) is 7.83. The summed E-state index contributed by atoms with van der Waals surface area (Å²) in [6, 6.07) is 18.5. The Morgan fingerprint density at radius 1 is 1.00 bits per heavy atom. The SMILES string of the molecule is Cc1cc(C(=O)CSc2nnc(Cc3ccccc3)n2C)c(C)n1Cc1ccc(F)cc1. The van der Waals surface area contributed by atoms with Gasteiger partial charge in [0.1, 0.15) is 11.6 Å². The molecule has 0 spiro atoms. The molecule has 0 aliphatic rings. The summed E-state index contributed by atoms with van der Waals surface area (Å²) in [6.07, 6.45) is 0.698. The van der Waals surface area contributed by atoms with Crippen LogP contribution in [0.15, 0.2) is 65.8 Å². The molecule has 0 fully saturated rings. The van der Waals surface area contributed by atoms with Crippen molar-refractivity contribution in [3.05, 3.63) is 100 Å². The third-order valence-corrected chi connectivity index (χ3v) is 6.61. The van der Waals surface area contributed by atoms with Gasteiger partial charge in [-0.05, 0) is 43.2 Å². The molecule has 0 aliphatic carbocycles. The third-order valence-electron chi connectivity index (χ3n) is 5.59. The maximum Gasteiger partial charge on any atom is 0.191 e. The molecule has 0 saturated carbocycles. The molecule has 0 saturated heterocycles. The van der Waals surface area contributed by atoms with E-state index in [9.17, 15) is 9.18 Å². The van der Waals surface area contributed by atoms with Crippen LogP contribution in [0.25, 0.3) is 0 Å². The van der Waals surface area contributed by atoms with Crippen molar-refractivity contribution in [1.82, 2.24) is 19.3 Å². The van der Waals surface area contributed by atoms with E-state index in [1.807, 2.05) is 49.7 Å². The Balaban J connectivity index is 1.43. The molecule has 164 valence electrons. The summed E-state index contributed by atoms with van der Waals surface area (Å²) in [5.41, 5.74) is 4.80. The Kier molecular flexibility index (Phi) is 6.55. The predicted octanol–water partition coefficient (Wildman–Crippen LogP) is 4.99. The zero-order valence-corrected chi connectivity index (χ0v) is 19.2. The fraction of sp³-hybridized carbons (Fsp3) is 0.240. The molecule has 0 aliphatic heterocycles. The van der Waals surface area contributed by atoms with Crippen LogP contribution in [0, 0.1) is 19.7 Å². The molecule has 0 atom stereocenters. The average molecular weight is 449 g/mol. The highest BCUT2D eigenvalue weighted by Crippen LogP contribution is 2.22. The van der Waals surface area contributed by atoms with E-state index in [0.29, 0.717) is 18.5 Å². The van der Waals surface area contributed by atoms with E-state index >= 15 is 0 Å². The number of carbonyl (C=O) groups is 1. The molecular formula is C25H25FN4OS. The minimum Gasteiger partial charge on any atom is -0.344 e. The zero-order valence-electron chi connectivity index (χ0n) is 18.4. The van der Waals surface area contributed by atoms with Crippen molar-refractivity contribution in [3.63, 3.8) is 0 Å². The summed E-state index contributed by atoms with van der Waals surface area (Å²) in [5.74, 6) is 0.959. The number of halogens is 1. The second kappa shape index (κ2) is 9.53. The summed E-state index contributed by atoms with van der Waals surface area (Å²) in [5, 5.41) is 9.30. The molecule has 2 aromatic carbocycles. The van der Waals surface area contributed by atoms with E-state index in [1.165, 1.54) is 29.5 Å². The minimum absolute atomic E-state index is 0.0565. The van der Waals surface area contributed by atoms with Gasteiger partial charge in [0, 0.05) is 37.0 Å². The first kappa shape index (κ1) is 22.0. The highest BCUT2D eigenvalue weighted by atomic mass is 32.2. The van der Waals surface area contributed by atoms with Crippen LogP contribution in [0.1, 0.15) is 38.7 Å². The highest BCUT2D eigenvalue weighted by Gasteiger charge is 2.18. The first-order chi connectivity index (χ1) is 15.4. The lowest BCUT2D eigenvalue weighted by Gasteiger charge is -2.10. The van der Waals surface area contributed by atoms with E-state index < -0.39 is 0 Å². The lowest BCUT2D eigenvalue weighted by atomic mass is 10.1. The number of ketones is 1. The van der Waals surface area contributed by atoms with Gasteiger partial charge in [-0.1, -0.05) is 54.2 Å². The Morgan fingerprint density at radius 3 is 2.44 bits per heavy atom. The number of benzene rings is 2. The van der Waals surface area contributed by atoms with Crippen LogP contribution in [0.3, 0.4) is 0 Å². The molecule has 0 N–H and O–H groups in total. The summed E-state index contributed by atoms with van der Waals surface area (Å²) >= 11 is 1.40. The summed E-state index contributed by atoms with van der Waals surface area (Å²) < 4.78 is 17.2. The summed E-state index contributed by atoms with van der Waals surface area (Å²) in [4.78, 5) is 13.0. The summed E-state index contributed by atoms with van der Waals surface area (Å²) in [7, 11) is 1.93. The second-order valence-corrected chi connectivity index (χ2v) is 8.77. The third kappa shape index (κ3) is 4.83. The van der Waals surface area contributed by atoms with Gasteiger partial charge < -0.3 is 9.13 Å². The molecule has 2 heterocycles. The van der Waals surface area contributed by atoms with Crippen LogP contribution in [-0.4, -0.2) is 30.9 Å². The largest absolute Gasteiger partial charge is 0.344 e. The number of nitrogens with zero attached hydrogens (tertiary/aromatic N) is 4. The topological polar surface area (TPSA) is 52.7 Å². The smallest absolute Gasteiger partial charge is 0.191 e. The predicted molar refractivity (Wildman–Crippen MR) is 125 cm³/mol. The van der Waals surface area contributed by atoms with Gasteiger partial charge in [-0.2, -0.15) is 0 Å². The number of thioether (sulfide) groups is 1. The normalized spacial score (nSPS) is 11.1. The molecule has 7 heteroatoms. The van der Waals surface area contributed by atoms with Gasteiger partial charge in [0.15, 0.2) is 10.9 Å². The Labute approximate surface area is 191 Å². The van der Waals surface area contributed by atoms with Gasteiger partial charge in [0.05, 0.1) is 5.75 Å². The van der Waals surface area contributed by atoms with Crippen LogP contribution in [0.2, 0.25) is 0 Å². The molecule has 0 amide bonds. The monoisotopic (exact) mass is 448 g/mol. The number of rotatable bonds is 8. The zero-order chi connectivity index (χ0) is 22.7. The first-order valence-electron chi connectivity index (χ1n) is 10.4. The fourth-order valence-corrected chi connectivity index (χ4v) is 4.52. The first-order valence-corrected chi connectivity index (χ1v) is 11.4. The van der Waals surface area contributed by atoms with Gasteiger partial charge in [0.2, 0.25) is 0 Å². The van der Waals surface area contributed by atoms with Crippen LogP contribution >= 0.6 is 11.8 Å². The highest BCUT2D eigenvalue weighted by molar-refractivity contribution is 7.99. The van der Waals surface area contributed by atoms with Crippen LogP contribution in [0.5, 0.6) is 0 Å². The number of hydrogen-bond donors (Lipinski definition) is 0. The average Bonchev–Trinajstić information content (AvgIpc) is 3.28. The van der Waals surface area contributed by atoms with Gasteiger partial charge >= 0.3 is 0 Å². The quantitative estimate of drug-likeness (QED) is 0.282. The molecule has 5 nitrogen and oxygen atoms in total. The molecule has 4 aromatic rings. The Morgan fingerprint density at radius 2 is 1.72 bits per heavy atom. The number of carbonyl (C=O) groups excluding carboxylic acids is 1. The molecule has 4 rings (SSSR count).